The molecule has 7 heteroatoms. The predicted octanol–water partition coefficient (Wildman–Crippen LogP) is 5.30. The van der Waals surface area contributed by atoms with E-state index < -0.39 is 0 Å². The highest BCUT2D eigenvalue weighted by Gasteiger charge is 2.28. The third-order valence-corrected chi connectivity index (χ3v) is 8.02. The average Bonchev–Trinajstić information content (AvgIpc) is 3.31. The molecule has 40 heavy (non-hydrogen) atoms. The summed E-state index contributed by atoms with van der Waals surface area (Å²) in [5.41, 5.74) is 19.3. The second-order valence-electron chi connectivity index (χ2n) is 11.1. The normalized spacial score (nSPS) is 16.4. The second-order valence-corrected chi connectivity index (χ2v) is 11.1. The highest BCUT2D eigenvalue weighted by molar-refractivity contribution is 5.82. The van der Waals surface area contributed by atoms with Crippen molar-refractivity contribution in [3.63, 3.8) is 0 Å². The van der Waals surface area contributed by atoms with Gasteiger partial charge in [0.15, 0.2) is 0 Å². The first-order chi connectivity index (χ1) is 19.4. The highest BCUT2D eigenvalue weighted by Crippen LogP contribution is 2.33. The maximum atomic E-state index is 13.4. The van der Waals surface area contributed by atoms with E-state index in [2.05, 4.69) is 65.0 Å². The van der Waals surface area contributed by atoms with Gasteiger partial charge in [0, 0.05) is 74.7 Å². The Morgan fingerprint density at radius 1 is 1.10 bits per heavy atom. The van der Waals surface area contributed by atoms with Gasteiger partial charge >= 0.3 is 0 Å². The molecule has 1 amide bonds. The maximum Gasteiger partial charge on any atom is 0.224 e. The van der Waals surface area contributed by atoms with E-state index in [0.717, 1.165) is 62.2 Å². The number of nitrogen functional groups attached to an aromatic ring is 1. The number of piperidine rings is 1. The number of hydrogen-bond donors (Lipinski definition) is 2. The number of methoxy groups -OCH3 is 1. The minimum atomic E-state index is -0.222. The van der Waals surface area contributed by atoms with Gasteiger partial charge in [0.05, 0.1) is 0 Å². The molecule has 1 aliphatic heterocycles. The first-order valence-corrected chi connectivity index (χ1v) is 14.3. The number of amides is 1. The number of nitrogens with zero attached hydrogens (tertiary/aromatic N) is 3. The minimum Gasteiger partial charge on any atom is -0.385 e. The fourth-order valence-corrected chi connectivity index (χ4v) is 5.92. The van der Waals surface area contributed by atoms with Crippen LogP contribution >= 0.6 is 0 Å². The fourth-order valence-electron chi connectivity index (χ4n) is 5.92. The van der Waals surface area contributed by atoms with Crippen LogP contribution in [0.25, 0.3) is 22.0 Å². The van der Waals surface area contributed by atoms with Gasteiger partial charge in [-0.05, 0) is 78.9 Å². The van der Waals surface area contributed by atoms with Crippen LogP contribution in [0, 0.1) is 6.92 Å². The van der Waals surface area contributed by atoms with Crippen molar-refractivity contribution in [1.82, 2.24) is 14.5 Å². The topological polar surface area (TPSA) is 99.4 Å². The molecule has 210 valence electrons. The van der Waals surface area contributed by atoms with Gasteiger partial charge in [0.1, 0.15) is 5.82 Å². The number of rotatable bonds is 10. The van der Waals surface area contributed by atoms with Crippen LogP contribution in [-0.4, -0.2) is 53.2 Å². The van der Waals surface area contributed by atoms with E-state index >= 15 is 0 Å². The Morgan fingerprint density at radius 3 is 2.65 bits per heavy atom. The monoisotopic (exact) mass is 539 g/mol. The number of nitrogens with two attached hydrogens (primary N) is 2. The second kappa shape index (κ2) is 12.7. The molecule has 5 rings (SSSR count). The van der Waals surface area contributed by atoms with Crippen LogP contribution in [0.3, 0.4) is 0 Å². The number of aromatic nitrogens is 2. The van der Waals surface area contributed by atoms with Crippen LogP contribution in [0.15, 0.2) is 66.9 Å². The molecule has 1 saturated heterocycles. The van der Waals surface area contributed by atoms with Crippen LogP contribution in [0.1, 0.15) is 48.4 Å². The van der Waals surface area contributed by atoms with E-state index in [1.54, 1.807) is 19.4 Å². The van der Waals surface area contributed by atoms with Crippen molar-refractivity contribution in [2.75, 3.05) is 32.5 Å². The van der Waals surface area contributed by atoms with Crippen LogP contribution in [0.2, 0.25) is 0 Å². The summed E-state index contributed by atoms with van der Waals surface area (Å²) < 4.78 is 7.79. The number of hydrogen-bond acceptors (Lipinski definition) is 5. The molecule has 0 saturated carbocycles. The average molecular weight is 540 g/mol. The number of aryl methyl sites for hydroxylation is 2. The van der Waals surface area contributed by atoms with Gasteiger partial charge in [-0.15, -0.1) is 0 Å². The van der Waals surface area contributed by atoms with Crippen molar-refractivity contribution in [3.05, 3.63) is 83.7 Å². The summed E-state index contributed by atoms with van der Waals surface area (Å²) in [5.74, 6) is 0.981. The van der Waals surface area contributed by atoms with Crippen molar-refractivity contribution in [3.8, 4) is 11.1 Å². The van der Waals surface area contributed by atoms with Crippen molar-refractivity contribution >= 4 is 22.6 Å². The molecule has 0 spiro atoms. The Labute approximate surface area is 237 Å². The van der Waals surface area contributed by atoms with Crippen LogP contribution in [-0.2, 0) is 22.5 Å². The van der Waals surface area contributed by atoms with Gasteiger partial charge in [-0.2, -0.15) is 0 Å². The lowest BCUT2D eigenvalue weighted by Gasteiger charge is -2.34. The lowest BCUT2D eigenvalue weighted by Crippen LogP contribution is -2.42. The van der Waals surface area contributed by atoms with Crippen molar-refractivity contribution in [1.29, 1.82) is 0 Å². The van der Waals surface area contributed by atoms with Gasteiger partial charge in [0.25, 0.3) is 0 Å². The molecule has 0 bridgehead atoms. The first kappa shape index (κ1) is 27.9. The zero-order valence-electron chi connectivity index (χ0n) is 23.7. The van der Waals surface area contributed by atoms with Crippen molar-refractivity contribution in [2.45, 2.75) is 57.5 Å². The lowest BCUT2D eigenvalue weighted by atomic mass is 9.93. The molecular weight excluding hydrogens is 498 g/mol. The maximum absolute atomic E-state index is 13.4. The Hall–Kier alpha value is -3.68. The molecule has 0 aliphatic carbocycles. The molecule has 4 aromatic rings. The van der Waals surface area contributed by atoms with Crippen LogP contribution < -0.4 is 11.5 Å². The number of pyridine rings is 1. The van der Waals surface area contributed by atoms with E-state index in [4.69, 9.17) is 16.2 Å². The number of likely N-dealkylation sites (tertiary alicyclic amines) is 1. The third kappa shape index (κ3) is 6.54. The molecule has 2 aromatic carbocycles. The number of anilines is 1. The van der Waals surface area contributed by atoms with Gasteiger partial charge < -0.3 is 25.7 Å². The predicted molar refractivity (Wildman–Crippen MR) is 162 cm³/mol. The summed E-state index contributed by atoms with van der Waals surface area (Å²) in [6, 6.07) is 20.8. The number of carbonyl (C=O) groups is 1. The van der Waals surface area contributed by atoms with E-state index in [9.17, 15) is 4.79 Å². The van der Waals surface area contributed by atoms with Gasteiger partial charge in [0.2, 0.25) is 5.91 Å². The molecule has 2 aromatic heterocycles. The van der Waals surface area contributed by atoms with E-state index in [1.165, 1.54) is 22.2 Å². The van der Waals surface area contributed by atoms with Gasteiger partial charge in [-0.3, -0.25) is 4.79 Å². The zero-order chi connectivity index (χ0) is 28.1. The number of carbonyl (C=O) groups excluding carboxylic acids is 1. The summed E-state index contributed by atoms with van der Waals surface area (Å²) in [4.78, 5) is 19.6. The first-order valence-electron chi connectivity index (χ1n) is 14.3. The fraction of sp³-hybridized carbons (Fsp3) is 0.394. The van der Waals surface area contributed by atoms with E-state index in [0.29, 0.717) is 24.6 Å². The SMILES string of the molecule is COCCCn1c(C2CCCN(C(=O)C[C@H](N)Cc3ccc(-c4ccc(N)nc4)cc3)C2)cc2ccc(C)cc21. The van der Waals surface area contributed by atoms with Crippen molar-refractivity contribution < 1.29 is 9.53 Å². The number of ether oxygens (including phenoxy) is 1. The molecule has 2 atom stereocenters. The minimum absolute atomic E-state index is 0.152. The quantitative estimate of drug-likeness (QED) is 0.267. The largest absolute Gasteiger partial charge is 0.385 e. The van der Waals surface area contributed by atoms with Crippen LogP contribution in [0.5, 0.6) is 0 Å². The van der Waals surface area contributed by atoms with E-state index in [-0.39, 0.29) is 11.9 Å². The smallest absolute Gasteiger partial charge is 0.224 e. The van der Waals surface area contributed by atoms with Gasteiger partial charge in [-0.25, -0.2) is 4.98 Å². The Balaban J connectivity index is 1.22. The summed E-state index contributed by atoms with van der Waals surface area (Å²) >= 11 is 0. The van der Waals surface area contributed by atoms with Crippen LogP contribution in [0.4, 0.5) is 5.82 Å². The molecule has 1 fully saturated rings. The zero-order valence-corrected chi connectivity index (χ0v) is 23.7. The Kier molecular flexibility index (Phi) is 8.82. The summed E-state index contributed by atoms with van der Waals surface area (Å²) in [6.07, 6.45) is 5.85. The molecule has 3 heterocycles. The molecule has 0 radical (unpaired) electrons. The third-order valence-electron chi connectivity index (χ3n) is 8.02. The molecule has 7 nitrogen and oxygen atoms in total. The number of benzene rings is 2. The Morgan fingerprint density at radius 2 is 1.90 bits per heavy atom. The van der Waals surface area contributed by atoms with Gasteiger partial charge in [-0.1, -0.05) is 36.4 Å². The molecule has 4 N–H and O–H groups in total. The summed E-state index contributed by atoms with van der Waals surface area (Å²) in [5, 5.41) is 1.27. The lowest BCUT2D eigenvalue weighted by molar-refractivity contribution is -0.132. The highest BCUT2D eigenvalue weighted by atomic mass is 16.5. The van der Waals surface area contributed by atoms with E-state index in [1.807, 2.05) is 11.0 Å². The summed E-state index contributed by atoms with van der Waals surface area (Å²) in [7, 11) is 1.75. The molecule has 1 aliphatic rings. The number of fused-ring (bicyclic) bond motifs is 1. The standard InChI is InChI=1S/C33H41N5O2/c1-23-6-9-26-19-31(38(30(26)17-23)15-4-16-40-2)28-5-3-14-37(22-28)33(39)20-29(34)18-24-7-10-25(11-8-24)27-12-13-32(35)36-21-27/h6-13,17,19,21,28-29H,3-5,14-16,18,20,22,34H2,1-2H3,(H2,35,36)/t28?,29-/m1/s1. The Bertz CT molecular complexity index is 1430. The summed E-state index contributed by atoms with van der Waals surface area (Å²) in [6.45, 7) is 5.34. The molecule has 1 unspecified atom stereocenters. The van der Waals surface area contributed by atoms with Crippen molar-refractivity contribution in [2.24, 2.45) is 5.73 Å². The molecular formula is C33H41N5O2.